The van der Waals surface area contributed by atoms with Crippen LogP contribution in [0.4, 0.5) is 0 Å². The minimum absolute atomic E-state index is 0.0738. The monoisotopic (exact) mass is 300 g/mol. The van der Waals surface area contributed by atoms with Gasteiger partial charge in [-0.2, -0.15) is 0 Å². The third-order valence-corrected chi connectivity index (χ3v) is 2.79. The largest absolute Gasteiger partial charge is 0.396 e. The second kappa shape index (κ2) is 8.20. The third kappa shape index (κ3) is 5.79. The van der Waals surface area contributed by atoms with Crippen molar-refractivity contribution in [3.05, 3.63) is 28.5 Å². The summed E-state index contributed by atoms with van der Waals surface area (Å²) in [6.07, 6.45) is 5.41. The number of nitrogens with zero attached hydrogens (tertiary/aromatic N) is 1. The molecule has 0 bridgehead atoms. The first-order valence-corrected chi connectivity index (χ1v) is 6.54. The van der Waals surface area contributed by atoms with Gasteiger partial charge in [0, 0.05) is 24.9 Å². The molecule has 1 aromatic heterocycles. The van der Waals surface area contributed by atoms with E-state index in [0.29, 0.717) is 16.7 Å². The number of rotatable bonds is 7. The van der Waals surface area contributed by atoms with Crippen LogP contribution in [0.5, 0.6) is 0 Å². The van der Waals surface area contributed by atoms with Gasteiger partial charge < -0.3 is 10.4 Å². The number of hydrogen-bond acceptors (Lipinski definition) is 3. The van der Waals surface area contributed by atoms with Gasteiger partial charge in [-0.15, -0.1) is 0 Å². The smallest absolute Gasteiger partial charge is 0.251 e. The zero-order valence-corrected chi connectivity index (χ0v) is 11.2. The van der Waals surface area contributed by atoms with E-state index in [1.165, 1.54) is 0 Å². The lowest BCUT2D eigenvalue weighted by atomic mass is 10.2. The van der Waals surface area contributed by atoms with E-state index in [-0.39, 0.29) is 12.5 Å². The molecule has 0 aromatic carbocycles. The van der Waals surface area contributed by atoms with Crippen LogP contribution >= 0.6 is 15.9 Å². The predicted molar refractivity (Wildman–Crippen MR) is 69.8 cm³/mol. The molecule has 5 heteroatoms. The van der Waals surface area contributed by atoms with Crippen molar-refractivity contribution in [2.45, 2.75) is 25.7 Å². The van der Waals surface area contributed by atoms with E-state index in [9.17, 15) is 4.79 Å². The van der Waals surface area contributed by atoms with Crippen LogP contribution in [0.1, 0.15) is 36.0 Å². The summed E-state index contributed by atoms with van der Waals surface area (Å²) in [7, 11) is 0. The van der Waals surface area contributed by atoms with E-state index >= 15 is 0 Å². The molecule has 0 atom stereocenters. The van der Waals surface area contributed by atoms with E-state index in [1.54, 1.807) is 18.3 Å². The summed E-state index contributed by atoms with van der Waals surface area (Å²) in [5, 5.41) is 11.5. The molecule has 0 radical (unpaired) electrons. The number of carbonyl (C=O) groups is 1. The molecule has 0 aliphatic heterocycles. The van der Waals surface area contributed by atoms with Gasteiger partial charge in [-0.05, 0) is 40.9 Å². The van der Waals surface area contributed by atoms with Gasteiger partial charge in [0.2, 0.25) is 0 Å². The van der Waals surface area contributed by atoms with Crippen molar-refractivity contribution in [2.24, 2.45) is 0 Å². The highest BCUT2D eigenvalue weighted by Crippen LogP contribution is 2.07. The minimum atomic E-state index is -0.0738. The molecule has 0 saturated carbocycles. The van der Waals surface area contributed by atoms with Crippen molar-refractivity contribution in [3.63, 3.8) is 0 Å². The Morgan fingerprint density at radius 1 is 1.35 bits per heavy atom. The van der Waals surface area contributed by atoms with Crippen LogP contribution < -0.4 is 5.32 Å². The fraction of sp³-hybridized carbons (Fsp3) is 0.500. The van der Waals surface area contributed by atoms with E-state index < -0.39 is 0 Å². The zero-order valence-electron chi connectivity index (χ0n) is 9.66. The molecule has 0 aliphatic carbocycles. The Kier molecular flexibility index (Phi) is 6.81. The summed E-state index contributed by atoms with van der Waals surface area (Å²) < 4.78 is 0.660. The number of unbranched alkanes of at least 4 members (excludes halogenated alkanes) is 3. The number of pyridine rings is 1. The van der Waals surface area contributed by atoms with Gasteiger partial charge in [-0.1, -0.05) is 12.8 Å². The molecule has 0 spiro atoms. The van der Waals surface area contributed by atoms with Crippen molar-refractivity contribution in [1.29, 1.82) is 0 Å². The van der Waals surface area contributed by atoms with Crippen LogP contribution in [0.2, 0.25) is 0 Å². The van der Waals surface area contributed by atoms with Crippen LogP contribution in [-0.4, -0.2) is 29.1 Å². The molecule has 0 fully saturated rings. The number of halogens is 1. The summed E-state index contributed by atoms with van der Waals surface area (Å²) in [5.41, 5.74) is 0.613. The molecular weight excluding hydrogens is 284 g/mol. The average molecular weight is 301 g/mol. The van der Waals surface area contributed by atoms with E-state index in [2.05, 4.69) is 26.2 Å². The second-order valence-corrected chi connectivity index (χ2v) is 4.57. The Hall–Kier alpha value is -0.940. The van der Waals surface area contributed by atoms with Gasteiger partial charge in [0.05, 0.1) is 0 Å². The van der Waals surface area contributed by atoms with Gasteiger partial charge in [0.25, 0.3) is 5.91 Å². The Bertz CT molecular complexity index is 358. The van der Waals surface area contributed by atoms with Crippen LogP contribution in [-0.2, 0) is 0 Å². The highest BCUT2D eigenvalue weighted by atomic mass is 79.9. The van der Waals surface area contributed by atoms with Gasteiger partial charge in [-0.3, -0.25) is 4.79 Å². The van der Waals surface area contributed by atoms with Crippen LogP contribution in [0, 0.1) is 0 Å². The Morgan fingerprint density at radius 2 is 2.12 bits per heavy atom. The summed E-state index contributed by atoms with van der Waals surface area (Å²) in [5.74, 6) is -0.0738. The average Bonchev–Trinajstić information content (AvgIpc) is 2.33. The molecule has 17 heavy (non-hydrogen) atoms. The molecule has 1 heterocycles. The first kappa shape index (κ1) is 14.1. The molecule has 2 N–H and O–H groups in total. The quantitative estimate of drug-likeness (QED) is 0.599. The number of nitrogens with one attached hydrogen (secondary N) is 1. The van der Waals surface area contributed by atoms with Crippen LogP contribution in [0.3, 0.4) is 0 Å². The Labute approximate surface area is 110 Å². The van der Waals surface area contributed by atoms with E-state index in [0.717, 1.165) is 25.7 Å². The van der Waals surface area contributed by atoms with E-state index in [1.807, 2.05) is 0 Å². The van der Waals surface area contributed by atoms with Crippen molar-refractivity contribution in [1.82, 2.24) is 10.3 Å². The third-order valence-electron chi connectivity index (χ3n) is 2.36. The molecule has 4 nitrogen and oxygen atoms in total. The topological polar surface area (TPSA) is 62.2 Å². The van der Waals surface area contributed by atoms with Crippen molar-refractivity contribution >= 4 is 21.8 Å². The Balaban J connectivity index is 2.21. The summed E-state index contributed by atoms with van der Waals surface area (Å²) in [4.78, 5) is 15.7. The predicted octanol–water partition coefficient (Wildman–Crippen LogP) is 2.13. The number of aliphatic hydroxyl groups excluding tert-OH is 1. The lowest BCUT2D eigenvalue weighted by Gasteiger charge is -2.05. The van der Waals surface area contributed by atoms with Crippen LogP contribution in [0.25, 0.3) is 0 Å². The normalized spacial score (nSPS) is 10.2. The SMILES string of the molecule is O=C(NCCCCCCO)c1ccnc(Br)c1. The number of aliphatic hydroxyl groups is 1. The number of amides is 1. The lowest BCUT2D eigenvalue weighted by Crippen LogP contribution is -2.24. The first-order valence-electron chi connectivity index (χ1n) is 5.74. The fourth-order valence-corrected chi connectivity index (χ4v) is 1.80. The van der Waals surface area contributed by atoms with Crippen molar-refractivity contribution in [3.8, 4) is 0 Å². The molecule has 0 saturated heterocycles. The fourth-order valence-electron chi connectivity index (χ4n) is 1.44. The number of aromatic nitrogens is 1. The summed E-state index contributed by atoms with van der Waals surface area (Å²) in [6.45, 7) is 0.918. The molecule has 0 aliphatic rings. The maximum atomic E-state index is 11.7. The number of carbonyl (C=O) groups excluding carboxylic acids is 1. The van der Waals surface area contributed by atoms with E-state index in [4.69, 9.17) is 5.11 Å². The van der Waals surface area contributed by atoms with Gasteiger partial charge in [0.1, 0.15) is 4.60 Å². The minimum Gasteiger partial charge on any atom is -0.396 e. The maximum absolute atomic E-state index is 11.7. The molecule has 0 unspecified atom stereocenters. The van der Waals surface area contributed by atoms with Crippen molar-refractivity contribution in [2.75, 3.05) is 13.2 Å². The number of hydrogen-bond donors (Lipinski definition) is 2. The van der Waals surface area contributed by atoms with Gasteiger partial charge in [-0.25, -0.2) is 4.98 Å². The summed E-state index contributed by atoms with van der Waals surface area (Å²) in [6, 6.07) is 3.38. The standard InChI is InChI=1S/C12H17BrN2O2/c13-11-9-10(5-7-14-11)12(17)15-6-3-1-2-4-8-16/h5,7,9,16H,1-4,6,8H2,(H,15,17). The second-order valence-electron chi connectivity index (χ2n) is 3.76. The van der Waals surface area contributed by atoms with Gasteiger partial charge in [0.15, 0.2) is 0 Å². The summed E-state index contributed by atoms with van der Waals surface area (Å²) >= 11 is 3.23. The highest BCUT2D eigenvalue weighted by Gasteiger charge is 2.04. The van der Waals surface area contributed by atoms with Crippen molar-refractivity contribution < 1.29 is 9.90 Å². The van der Waals surface area contributed by atoms with Gasteiger partial charge >= 0.3 is 0 Å². The molecule has 94 valence electrons. The zero-order chi connectivity index (χ0) is 12.5. The molecular formula is C12H17BrN2O2. The maximum Gasteiger partial charge on any atom is 0.251 e. The lowest BCUT2D eigenvalue weighted by molar-refractivity contribution is 0.0952. The Morgan fingerprint density at radius 3 is 2.82 bits per heavy atom. The molecule has 1 rings (SSSR count). The molecule has 1 aromatic rings. The highest BCUT2D eigenvalue weighted by molar-refractivity contribution is 9.10. The molecule has 1 amide bonds. The van der Waals surface area contributed by atoms with Crippen LogP contribution in [0.15, 0.2) is 22.9 Å². The first-order chi connectivity index (χ1) is 8.24.